The molecule has 1 unspecified atom stereocenters. The summed E-state index contributed by atoms with van der Waals surface area (Å²) in [4.78, 5) is 0. The van der Waals surface area contributed by atoms with Gasteiger partial charge in [0.2, 0.25) is 0 Å². The third-order valence-electron chi connectivity index (χ3n) is 4.04. The highest BCUT2D eigenvalue weighted by Crippen LogP contribution is 2.21. The smallest absolute Gasteiger partial charge is 0.445 e. The molecule has 0 bridgehead atoms. The zero-order chi connectivity index (χ0) is 24.8. The van der Waals surface area contributed by atoms with Crippen LogP contribution in [0.3, 0.4) is 0 Å². The standard InChI is InChI=1S/C16H15OS.C6BF8/c1-18(17,14-16-10-6-3-7-11-16)13-12-15-8-4-2-5-9-15;8-2-1(7(13,14)15)3(9)5(11)6(12)4(2)10/h2-11H,14H2,1H3;/q+1;-1. The summed E-state index contributed by atoms with van der Waals surface area (Å²) in [6.45, 7) is -6.30. The minimum Gasteiger partial charge on any atom is -0.445 e. The van der Waals surface area contributed by atoms with Gasteiger partial charge in [-0.05, 0) is 23.5 Å². The Labute approximate surface area is 185 Å². The predicted octanol–water partition coefficient (Wildman–Crippen LogP) is 5.76. The van der Waals surface area contributed by atoms with Crippen molar-refractivity contribution in [2.75, 3.05) is 6.26 Å². The molecule has 0 aliphatic heterocycles. The molecular weight excluding hydrogens is 475 g/mol. The van der Waals surface area contributed by atoms with Gasteiger partial charge in [-0.2, -0.15) is 0 Å². The van der Waals surface area contributed by atoms with Gasteiger partial charge in [-0.1, -0.05) is 52.7 Å². The quantitative estimate of drug-likeness (QED) is 0.114. The van der Waals surface area contributed by atoms with E-state index >= 15 is 0 Å². The van der Waals surface area contributed by atoms with Crippen molar-refractivity contribution in [2.24, 2.45) is 0 Å². The van der Waals surface area contributed by atoms with E-state index in [2.05, 4.69) is 11.2 Å². The molecule has 0 radical (unpaired) electrons. The molecule has 33 heavy (non-hydrogen) atoms. The van der Waals surface area contributed by atoms with Crippen LogP contribution in [-0.4, -0.2) is 13.2 Å². The highest BCUT2D eigenvalue weighted by atomic mass is 32.2. The first kappa shape index (κ1) is 26.1. The van der Waals surface area contributed by atoms with Crippen molar-refractivity contribution in [2.45, 2.75) is 5.75 Å². The van der Waals surface area contributed by atoms with Crippen molar-refractivity contribution < 1.29 is 39.1 Å². The maximum Gasteiger partial charge on any atom is 0.515 e. The summed E-state index contributed by atoms with van der Waals surface area (Å²) < 4.78 is 110. The van der Waals surface area contributed by atoms with Crippen molar-refractivity contribution in [3.05, 3.63) is 101 Å². The van der Waals surface area contributed by atoms with Crippen molar-refractivity contribution >= 4 is 22.4 Å². The number of hydrogen-bond donors (Lipinski definition) is 0. The molecular formula is C22H15BF8OS. The molecule has 0 aliphatic rings. The summed E-state index contributed by atoms with van der Waals surface area (Å²) in [6, 6.07) is 19.5. The Balaban J connectivity index is 0.000000238. The average Bonchev–Trinajstić information content (AvgIpc) is 2.76. The van der Waals surface area contributed by atoms with Crippen molar-refractivity contribution in [1.82, 2.24) is 0 Å². The minimum atomic E-state index is -6.30. The van der Waals surface area contributed by atoms with E-state index in [9.17, 15) is 39.1 Å². The van der Waals surface area contributed by atoms with Gasteiger partial charge in [0, 0.05) is 11.1 Å². The van der Waals surface area contributed by atoms with E-state index in [4.69, 9.17) is 0 Å². The molecule has 11 heteroatoms. The van der Waals surface area contributed by atoms with E-state index in [1.165, 1.54) is 0 Å². The van der Waals surface area contributed by atoms with Gasteiger partial charge in [-0.15, -0.1) is 0 Å². The molecule has 0 aromatic heterocycles. The zero-order valence-corrected chi connectivity index (χ0v) is 17.7. The molecule has 0 saturated carbocycles. The van der Waals surface area contributed by atoms with E-state index in [0.29, 0.717) is 5.75 Å². The topological polar surface area (TPSA) is 17.1 Å². The van der Waals surface area contributed by atoms with E-state index in [-0.39, 0.29) is 0 Å². The lowest BCUT2D eigenvalue weighted by Gasteiger charge is -2.17. The number of hydrogen-bond acceptors (Lipinski definition) is 1. The molecule has 1 atom stereocenters. The molecule has 0 amide bonds. The molecule has 174 valence electrons. The Bertz CT molecular complexity index is 1190. The van der Waals surface area contributed by atoms with Crippen LogP contribution in [0, 0.1) is 40.3 Å². The van der Waals surface area contributed by atoms with Crippen LogP contribution >= 0.6 is 0 Å². The highest BCUT2D eigenvalue weighted by Gasteiger charge is 2.37. The van der Waals surface area contributed by atoms with Gasteiger partial charge in [0.15, 0.2) is 32.6 Å². The predicted molar refractivity (Wildman–Crippen MR) is 112 cm³/mol. The minimum absolute atomic E-state index is 0.508. The van der Waals surface area contributed by atoms with Crippen LogP contribution in [-0.2, 0) is 19.9 Å². The van der Waals surface area contributed by atoms with Crippen LogP contribution in [0.2, 0.25) is 0 Å². The lowest BCUT2D eigenvalue weighted by molar-refractivity contribution is 0.377. The molecule has 0 spiro atoms. The molecule has 0 heterocycles. The summed E-state index contributed by atoms with van der Waals surface area (Å²) >= 11 is 0. The van der Waals surface area contributed by atoms with Crippen molar-refractivity contribution in [3.63, 3.8) is 0 Å². The maximum absolute atomic E-state index is 12.5. The average molecular weight is 490 g/mol. The summed E-state index contributed by atoms with van der Waals surface area (Å²) in [7, 11) is -2.14. The molecule has 0 aliphatic carbocycles. The molecule has 0 N–H and O–H groups in total. The second kappa shape index (κ2) is 10.7. The second-order valence-electron chi connectivity index (χ2n) is 6.79. The van der Waals surface area contributed by atoms with Crippen LogP contribution in [0.15, 0.2) is 60.7 Å². The van der Waals surface area contributed by atoms with Crippen LogP contribution in [0.5, 0.6) is 0 Å². The third-order valence-corrected chi connectivity index (χ3v) is 5.46. The van der Waals surface area contributed by atoms with Gasteiger partial charge in [0.25, 0.3) is 0 Å². The van der Waals surface area contributed by atoms with Gasteiger partial charge in [0.1, 0.15) is 23.6 Å². The van der Waals surface area contributed by atoms with Crippen molar-refractivity contribution in [3.8, 4) is 11.2 Å². The normalized spacial score (nSPS) is 12.6. The lowest BCUT2D eigenvalue weighted by atomic mass is 9.79. The Kier molecular flexibility index (Phi) is 8.44. The van der Waals surface area contributed by atoms with E-state index in [0.717, 1.165) is 11.1 Å². The summed E-state index contributed by atoms with van der Waals surface area (Å²) in [5, 5.41) is 2.90. The Morgan fingerprint density at radius 3 is 1.61 bits per heavy atom. The Hall–Kier alpha value is -3.13. The fraction of sp³-hybridized carbons (Fsp3) is 0.0909. The van der Waals surface area contributed by atoms with Crippen LogP contribution in [0.1, 0.15) is 11.1 Å². The number of rotatable bonds is 3. The number of halogens is 8. The van der Waals surface area contributed by atoms with Gasteiger partial charge >= 0.3 is 6.98 Å². The molecule has 3 aromatic rings. The molecule has 0 fully saturated rings. The summed E-state index contributed by atoms with van der Waals surface area (Å²) in [5.41, 5.74) is -0.765. The van der Waals surface area contributed by atoms with Gasteiger partial charge < -0.3 is 12.9 Å². The SMILES string of the molecule is C[S+](=O)(C#Cc1ccccc1)Cc1ccccc1.Fc1c(F)c(F)c([B-](F)(F)F)c(F)c1F. The van der Waals surface area contributed by atoms with Crippen LogP contribution in [0.25, 0.3) is 0 Å². The van der Waals surface area contributed by atoms with Crippen LogP contribution in [0.4, 0.5) is 34.9 Å². The first-order valence-electron chi connectivity index (χ1n) is 9.13. The Morgan fingerprint density at radius 1 is 0.727 bits per heavy atom. The lowest BCUT2D eigenvalue weighted by Crippen LogP contribution is -2.41. The maximum atomic E-state index is 12.5. The first-order chi connectivity index (χ1) is 15.3. The number of benzene rings is 3. The van der Waals surface area contributed by atoms with Gasteiger partial charge in [-0.25, -0.2) is 22.0 Å². The molecule has 3 rings (SSSR count). The largest absolute Gasteiger partial charge is 0.515 e. The molecule has 1 nitrogen and oxygen atoms in total. The summed E-state index contributed by atoms with van der Waals surface area (Å²) in [5.74, 6) is -10.1. The van der Waals surface area contributed by atoms with Gasteiger partial charge in [-0.3, -0.25) is 0 Å². The Morgan fingerprint density at radius 2 is 1.15 bits per heavy atom. The van der Waals surface area contributed by atoms with E-state index in [1.54, 1.807) is 6.26 Å². The third kappa shape index (κ3) is 7.19. The monoisotopic (exact) mass is 490 g/mol. The van der Waals surface area contributed by atoms with E-state index < -0.39 is 51.5 Å². The fourth-order valence-electron chi connectivity index (χ4n) is 2.53. The first-order valence-corrected chi connectivity index (χ1v) is 11.3. The van der Waals surface area contributed by atoms with E-state index in [1.807, 2.05) is 60.7 Å². The highest BCUT2D eigenvalue weighted by molar-refractivity contribution is 8.05. The van der Waals surface area contributed by atoms with Crippen LogP contribution < -0.4 is 5.46 Å². The molecule has 0 saturated heterocycles. The molecule has 3 aromatic carbocycles. The fourth-order valence-corrected chi connectivity index (χ4v) is 3.76. The second-order valence-corrected chi connectivity index (χ2v) is 9.29. The summed E-state index contributed by atoms with van der Waals surface area (Å²) in [6.07, 6.45) is 1.72. The van der Waals surface area contributed by atoms with Gasteiger partial charge in [0.05, 0.1) is 0 Å². The van der Waals surface area contributed by atoms with Crippen molar-refractivity contribution in [1.29, 1.82) is 0 Å². The zero-order valence-electron chi connectivity index (χ0n) is 16.9.